The number of carbonyl (C=O) groups excluding carboxylic acids is 1. The van der Waals surface area contributed by atoms with Gasteiger partial charge in [-0.1, -0.05) is 29.4 Å². The van der Waals surface area contributed by atoms with Gasteiger partial charge >= 0.3 is 5.97 Å². The van der Waals surface area contributed by atoms with Gasteiger partial charge in [-0.25, -0.2) is 0 Å². The zero-order chi connectivity index (χ0) is 13.0. The molecule has 0 bridgehead atoms. The summed E-state index contributed by atoms with van der Waals surface area (Å²) in [4.78, 5) is 23.5. The predicted octanol–water partition coefficient (Wildman–Crippen LogP) is 3.02. The number of anilines is 1. The molecule has 0 aliphatic heterocycles. The van der Waals surface area contributed by atoms with E-state index in [1.165, 1.54) is 4.90 Å². The second-order valence-electron chi connectivity index (χ2n) is 3.39. The number of carbonyl (C=O) groups is 2. The third-order valence-electron chi connectivity index (χ3n) is 2.19. The van der Waals surface area contributed by atoms with E-state index in [1.807, 2.05) is 6.92 Å². The molecule has 0 saturated heterocycles. The highest BCUT2D eigenvalue weighted by molar-refractivity contribution is 8.14. The van der Waals surface area contributed by atoms with E-state index in [0.29, 0.717) is 10.7 Å². The van der Waals surface area contributed by atoms with Crippen molar-refractivity contribution < 1.29 is 14.7 Å². The lowest BCUT2D eigenvalue weighted by atomic mass is 10.2. The monoisotopic (exact) mass is 273 g/mol. The molecule has 6 heteroatoms. The lowest BCUT2D eigenvalue weighted by molar-refractivity contribution is -0.133. The standard InChI is InChI=1S/C11H12ClNO3S/c1-7-8(12)4-3-5-9(7)13(2)11(16)17-6-10(14)15/h3-5H,6H2,1-2H3,(H,14,15). The minimum absolute atomic E-state index is 0.247. The summed E-state index contributed by atoms with van der Waals surface area (Å²) < 4.78 is 0. The van der Waals surface area contributed by atoms with E-state index in [9.17, 15) is 9.59 Å². The molecule has 0 saturated carbocycles. The molecule has 0 unspecified atom stereocenters. The van der Waals surface area contributed by atoms with Crippen LogP contribution in [0.4, 0.5) is 10.5 Å². The van der Waals surface area contributed by atoms with Crippen molar-refractivity contribution in [2.45, 2.75) is 6.92 Å². The first-order valence-electron chi connectivity index (χ1n) is 4.81. The van der Waals surface area contributed by atoms with Crippen LogP contribution in [0.25, 0.3) is 0 Å². The van der Waals surface area contributed by atoms with Crippen molar-refractivity contribution in [2.24, 2.45) is 0 Å². The Kier molecular flexibility index (Phi) is 4.84. The molecule has 1 N–H and O–H groups in total. The first-order valence-corrected chi connectivity index (χ1v) is 6.17. The molecule has 1 amide bonds. The van der Waals surface area contributed by atoms with Gasteiger partial charge in [0.15, 0.2) is 0 Å². The second kappa shape index (κ2) is 5.93. The number of hydrogen-bond donors (Lipinski definition) is 1. The highest BCUT2D eigenvalue weighted by atomic mass is 35.5. The Bertz CT molecular complexity index is 450. The molecule has 0 heterocycles. The van der Waals surface area contributed by atoms with Crippen molar-refractivity contribution in [3.05, 3.63) is 28.8 Å². The number of carboxylic acids is 1. The first kappa shape index (κ1) is 13.9. The van der Waals surface area contributed by atoms with Crippen LogP contribution in [-0.2, 0) is 4.79 Å². The highest BCUT2D eigenvalue weighted by Gasteiger charge is 2.15. The number of amides is 1. The van der Waals surface area contributed by atoms with Crippen LogP contribution in [0.2, 0.25) is 5.02 Å². The molecule has 1 aromatic rings. The lowest BCUT2D eigenvalue weighted by Crippen LogP contribution is -2.23. The van der Waals surface area contributed by atoms with Crippen LogP contribution in [0.1, 0.15) is 5.56 Å². The number of hydrogen-bond acceptors (Lipinski definition) is 3. The number of nitrogens with zero attached hydrogens (tertiary/aromatic N) is 1. The van der Waals surface area contributed by atoms with E-state index in [-0.39, 0.29) is 11.0 Å². The Morgan fingerprint density at radius 2 is 2.12 bits per heavy atom. The van der Waals surface area contributed by atoms with E-state index in [2.05, 4.69) is 0 Å². The number of carboxylic acid groups (broad SMARTS) is 1. The summed E-state index contributed by atoms with van der Waals surface area (Å²) in [6.45, 7) is 1.81. The summed E-state index contributed by atoms with van der Waals surface area (Å²) in [5.41, 5.74) is 1.47. The second-order valence-corrected chi connectivity index (χ2v) is 4.73. The van der Waals surface area contributed by atoms with Gasteiger partial charge in [0, 0.05) is 17.8 Å². The zero-order valence-electron chi connectivity index (χ0n) is 9.44. The fourth-order valence-electron chi connectivity index (χ4n) is 1.28. The SMILES string of the molecule is Cc1c(Cl)cccc1N(C)C(=O)SCC(=O)O. The molecule has 0 spiro atoms. The lowest BCUT2D eigenvalue weighted by Gasteiger charge is -2.19. The van der Waals surface area contributed by atoms with Crippen LogP contribution in [0, 0.1) is 6.92 Å². The van der Waals surface area contributed by atoms with Crippen molar-refractivity contribution in [3.63, 3.8) is 0 Å². The van der Waals surface area contributed by atoms with Crippen LogP contribution >= 0.6 is 23.4 Å². The van der Waals surface area contributed by atoms with E-state index < -0.39 is 5.97 Å². The van der Waals surface area contributed by atoms with Gasteiger partial charge in [0.1, 0.15) is 5.75 Å². The number of rotatable bonds is 3. The predicted molar refractivity (Wildman–Crippen MR) is 70.1 cm³/mol. The maximum atomic E-state index is 11.7. The Labute approximate surface area is 109 Å². The summed E-state index contributed by atoms with van der Waals surface area (Å²) in [7, 11) is 1.59. The van der Waals surface area contributed by atoms with Crippen LogP contribution in [0.3, 0.4) is 0 Å². The summed E-state index contributed by atoms with van der Waals surface area (Å²) >= 11 is 6.70. The molecular formula is C11H12ClNO3S. The van der Waals surface area contributed by atoms with Crippen LogP contribution in [-0.4, -0.2) is 29.1 Å². The number of aliphatic carboxylic acids is 1. The molecule has 4 nitrogen and oxygen atoms in total. The quantitative estimate of drug-likeness (QED) is 0.920. The molecule has 17 heavy (non-hydrogen) atoms. The van der Waals surface area contributed by atoms with Gasteiger partial charge in [0.25, 0.3) is 5.24 Å². The van der Waals surface area contributed by atoms with E-state index >= 15 is 0 Å². The van der Waals surface area contributed by atoms with Crippen molar-refractivity contribution in [1.82, 2.24) is 0 Å². The summed E-state index contributed by atoms with van der Waals surface area (Å²) in [5.74, 6) is -1.26. The van der Waals surface area contributed by atoms with Crippen molar-refractivity contribution in [2.75, 3.05) is 17.7 Å². The first-order chi connectivity index (χ1) is 7.93. The fraction of sp³-hybridized carbons (Fsp3) is 0.273. The molecule has 1 aromatic carbocycles. The summed E-state index contributed by atoms with van der Waals surface area (Å²) in [5, 5.41) is 8.75. The maximum Gasteiger partial charge on any atom is 0.314 e. The van der Waals surface area contributed by atoms with Crippen LogP contribution in [0.15, 0.2) is 18.2 Å². The maximum absolute atomic E-state index is 11.7. The van der Waals surface area contributed by atoms with Gasteiger partial charge in [0.05, 0.1) is 0 Å². The normalized spacial score (nSPS) is 10.1. The Morgan fingerprint density at radius 1 is 1.47 bits per heavy atom. The Balaban J connectivity index is 2.81. The summed E-state index contributed by atoms with van der Waals surface area (Å²) in [6, 6.07) is 5.25. The third-order valence-corrected chi connectivity index (χ3v) is 3.51. The van der Waals surface area contributed by atoms with Gasteiger partial charge in [-0.2, -0.15) is 0 Å². The van der Waals surface area contributed by atoms with Crippen LogP contribution in [0.5, 0.6) is 0 Å². The third kappa shape index (κ3) is 3.64. The molecule has 0 atom stereocenters. The number of halogens is 1. The smallest absolute Gasteiger partial charge is 0.314 e. The minimum atomic E-state index is -1.01. The molecule has 0 aromatic heterocycles. The van der Waals surface area contributed by atoms with E-state index in [0.717, 1.165) is 17.3 Å². The Hall–Kier alpha value is -1.20. The molecular weight excluding hydrogens is 262 g/mol. The molecule has 0 fully saturated rings. The van der Waals surface area contributed by atoms with Gasteiger partial charge in [-0.15, -0.1) is 0 Å². The van der Waals surface area contributed by atoms with Crippen molar-refractivity contribution in [1.29, 1.82) is 0 Å². The average Bonchev–Trinajstić information content (AvgIpc) is 2.28. The molecule has 0 aliphatic rings. The molecule has 1 rings (SSSR count). The van der Waals surface area contributed by atoms with Gasteiger partial charge in [-0.05, 0) is 24.6 Å². The topological polar surface area (TPSA) is 57.6 Å². The number of benzene rings is 1. The molecule has 0 aliphatic carbocycles. The number of thioether (sulfide) groups is 1. The average molecular weight is 274 g/mol. The molecule has 92 valence electrons. The minimum Gasteiger partial charge on any atom is -0.481 e. The van der Waals surface area contributed by atoms with Crippen molar-refractivity contribution >= 4 is 40.3 Å². The van der Waals surface area contributed by atoms with E-state index in [4.69, 9.17) is 16.7 Å². The van der Waals surface area contributed by atoms with Gasteiger partial charge in [0.2, 0.25) is 0 Å². The molecule has 0 radical (unpaired) electrons. The van der Waals surface area contributed by atoms with Crippen molar-refractivity contribution in [3.8, 4) is 0 Å². The largest absolute Gasteiger partial charge is 0.481 e. The zero-order valence-corrected chi connectivity index (χ0v) is 11.0. The van der Waals surface area contributed by atoms with Crippen LogP contribution < -0.4 is 4.90 Å². The van der Waals surface area contributed by atoms with Gasteiger partial charge < -0.3 is 10.0 Å². The van der Waals surface area contributed by atoms with Gasteiger partial charge in [-0.3, -0.25) is 9.59 Å². The fourth-order valence-corrected chi connectivity index (χ4v) is 1.99. The highest BCUT2D eigenvalue weighted by Crippen LogP contribution is 2.27. The van der Waals surface area contributed by atoms with E-state index in [1.54, 1.807) is 25.2 Å². The summed E-state index contributed by atoms with van der Waals surface area (Å²) in [6.07, 6.45) is 0. The Morgan fingerprint density at radius 3 is 2.71 bits per heavy atom.